The molecule has 0 fully saturated rings. The molecular weight excluding hydrogens is 118 g/mol. The predicted molar refractivity (Wildman–Crippen MR) is 32.8 cm³/mol. The first-order valence-electron chi connectivity index (χ1n) is 2.77. The van der Waals surface area contributed by atoms with E-state index in [2.05, 4.69) is 4.98 Å². The number of hydrogen-bond acceptors (Lipinski definition) is 2. The maximum Gasteiger partial charge on any atom is 0.117 e. The summed E-state index contributed by atoms with van der Waals surface area (Å²) in [5, 5.41) is 17.4. The fourth-order valence-corrected chi connectivity index (χ4v) is 0.650. The first-order chi connectivity index (χ1) is 4.34. The van der Waals surface area contributed by atoms with Gasteiger partial charge in [0.15, 0.2) is 0 Å². The summed E-state index contributed by atoms with van der Waals surface area (Å²) in [5.74, 6) is 0. The average molecular weight is 127 g/mol. The van der Waals surface area contributed by atoms with Crippen molar-refractivity contribution in [1.82, 2.24) is 4.98 Å². The second kappa shape index (κ2) is 2.66. The van der Waals surface area contributed by atoms with Crippen molar-refractivity contribution in [2.75, 3.05) is 6.61 Å². The van der Waals surface area contributed by atoms with E-state index in [0.717, 1.165) is 0 Å². The van der Waals surface area contributed by atoms with E-state index < -0.39 is 6.10 Å². The molecule has 1 aromatic heterocycles. The number of H-pyrrole nitrogens is 1. The van der Waals surface area contributed by atoms with Crippen LogP contribution in [0, 0.1) is 0 Å². The second-order valence-electron chi connectivity index (χ2n) is 1.82. The lowest BCUT2D eigenvalue weighted by atomic mass is 10.3. The Kier molecular flexibility index (Phi) is 1.87. The molecule has 1 aromatic rings. The molecule has 3 nitrogen and oxygen atoms in total. The molecule has 3 heteroatoms. The summed E-state index contributed by atoms with van der Waals surface area (Å²) >= 11 is 0. The molecular formula is C6H9NO2. The number of rotatable bonds is 2. The summed E-state index contributed by atoms with van der Waals surface area (Å²) in [6.45, 7) is -0.236. The number of aromatic amines is 1. The smallest absolute Gasteiger partial charge is 0.117 e. The van der Waals surface area contributed by atoms with Crippen LogP contribution in [0.5, 0.6) is 0 Å². The molecule has 1 rings (SSSR count). The Morgan fingerprint density at radius 1 is 1.67 bits per heavy atom. The van der Waals surface area contributed by atoms with Crippen molar-refractivity contribution >= 4 is 0 Å². The van der Waals surface area contributed by atoms with Crippen LogP contribution >= 0.6 is 0 Å². The van der Waals surface area contributed by atoms with Gasteiger partial charge in [-0.25, -0.2) is 0 Å². The van der Waals surface area contributed by atoms with Gasteiger partial charge in [0.1, 0.15) is 6.10 Å². The van der Waals surface area contributed by atoms with E-state index in [9.17, 15) is 0 Å². The molecule has 9 heavy (non-hydrogen) atoms. The molecule has 0 aromatic carbocycles. The number of nitrogens with one attached hydrogen (secondary N) is 1. The Morgan fingerprint density at radius 2 is 2.44 bits per heavy atom. The highest BCUT2D eigenvalue weighted by atomic mass is 16.3. The monoisotopic (exact) mass is 127 g/mol. The van der Waals surface area contributed by atoms with Gasteiger partial charge in [-0.05, 0) is 12.1 Å². The van der Waals surface area contributed by atoms with Crippen LogP contribution in [0.3, 0.4) is 0 Å². The number of hydrogen-bond donors (Lipinski definition) is 3. The van der Waals surface area contributed by atoms with Crippen LogP contribution in [-0.4, -0.2) is 21.8 Å². The van der Waals surface area contributed by atoms with Gasteiger partial charge in [-0.2, -0.15) is 0 Å². The van der Waals surface area contributed by atoms with Crippen LogP contribution in [0.25, 0.3) is 0 Å². The van der Waals surface area contributed by atoms with Crippen molar-refractivity contribution < 1.29 is 10.2 Å². The second-order valence-corrected chi connectivity index (χ2v) is 1.82. The van der Waals surface area contributed by atoms with Crippen LogP contribution in [0.4, 0.5) is 0 Å². The third-order valence-corrected chi connectivity index (χ3v) is 1.15. The van der Waals surface area contributed by atoms with Gasteiger partial charge in [-0.15, -0.1) is 0 Å². The normalized spacial score (nSPS) is 13.6. The molecule has 0 spiro atoms. The molecule has 0 aliphatic rings. The van der Waals surface area contributed by atoms with Crippen LogP contribution < -0.4 is 0 Å². The SMILES string of the molecule is OCC(O)c1ccc[nH]1. The van der Waals surface area contributed by atoms with Gasteiger partial charge in [0.05, 0.1) is 6.61 Å². The van der Waals surface area contributed by atoms with Crippen molar-refractivity contribution in [3.63, 3.8) is 0 Å². The van der Waals surface area contributed by atoms with Gasteiger partial charge in [0, 0.05) is 11.9 Å². The molecule has 50 valence electrons. The molecule has 1 unspecified atom stereocenters. The molecule has 0 amide bonds. The van der Waals surface area contributed by atoms with Crippen molar-refractivity contribution in [2.24, 2.45) is 0 Å². The molecule has 1 atom stereocenters. The summed E-state index contributed by atoms with van der Waals surface area (Å²) < 4.78 is 0. The molecule has 0 aliphatic carbocycles. The minimum absolute atomic E-state index is 0.236. The highest BCUT2D eigenvalue weighted by Crippen LogP contribution is 2.06. The topological polar surface area (TPSA) is 56.2 Å². The summed E-state index contributed by atoms with van der Waals surface area (Å²) in [4.78, 5) is 2.78. The van der Waals surface area contributed by atoms with E-state index in [-0.39, 0.29) is 6.61 Å². The molecule has 1 heterocycles. The van der Waals surface area contributed by atoms with Gasteiger partial charge in [-0.1, -0.05) is 0 Å². The Morgan fingerprint density at radius 3 is 2.89 bits per heavy atom. The minimum Gasteiger partial charge on any atom is -0.393 e. The van der Waals surface area contributed by atoms with E-state index in [1.54, 1.807) is 18.3 Å². The standard InChI is InChI=1S/C6H9NO2/c8-4-6(9)5-2-1-3-7-5/h1-3,6-9H,4H2. The van der Waals surface area contributed by atoms with Gasteiger partial charge in [0.2, 0.25) is 0 Å². The number of aromatic nitrogens is 1. The van der Waals surface area contributed by atoms with E-state index in [4.69, 9.17) is 10.2 Å². The fourth-order valence-electron chi connectivity index (χ4n) is 0.650. The van der Waals surface area contributed by atoms with Crippen molar-refractivity contribution in [1.29, 1.82) is 0 Å². The summed E-state index contributed by atoms with van der Waals surface area (Å²) in [5.41, 5.74) is 0.650. The van der Waals surface area contributed by atoms with Gasteiger partial charge in [0.25, 0.3) is 0 Å². The molecule has 0 radical (unpaired) electrons. The first kappa shape index (κ1) is 6.32. The van der Waals surface area contributed by atoms with Crippen molar-refractivity contribution in [3.8, 4) is 0 Å². The first-order valence-corrected chi connectivity index (χ1v) is 2.77. The van der Waals surface area contributed by atoms with Crippen molar-refractivity contribution in [3.05, 3.63) is 24.0 Å². The predicted octanol–water partition coefficient (Wildman–Crippen LogP) is 0.0404. The number of aliphatic hydroxyl groups excluding tert-OH is 2. The van der Waals surface area contributed by atoms with Crippen molar-refractivity contribution in [2.45, 2.75) is 6.10 Å². The van der Waals surface area contributed by atoms with Crippen LogP contribution in [0.2, 0.25) is 0 Å². The molecule has 0 saturated carbocycles. The average Bonchev–Trinajstić information content (AvgIpc) is 2.37. The van der Waals surface area contributed by atoms with Gasteiger partial charge < -0.3 is 15.2 Å². The summed E-state index contributed by atoms with van der Waals surface area (Å²) in [6.07, 6.45) is 0.939. The third-order valence-electron chi connectivity index (χ3n) is 1.15. The van der Waals surface area contributed by atoms with E-state index >= 15 is 0 Å². The molecule has 3 N–H and O–H groups in total. The largest absolute Gasteiger partial charge is 0.393 e. The minimum atomic E-state index is -0.764. The zero-order valence-electron chi connectivity index (χ0n) is 4.91. The van der Waals surface area contributed by atoms with Gasteiger partial charge >= 0.3 is 0 Å². The fraction of sp³-hybridized carbons (Fsp3) is 0.333. The lowest BCUT2D eigenvalue weighted by molar-refractivity contribution is 0.0927. The summed E-state index contributed by atoms with van der Waals surface area (Å²) in [6, 6.07) is 3.50. The lowest BCUT2D eigenvalue weighted by Crippen LogP contribution is -2.01. The molecule has 0 aliphatic heterocycles. The lowest BCUT2D eigenvalue weighted by Gasteiger charge is -2.01. The van der Waals surface area contributed by atoms with Crippen LogP contribution in [0.15, 0.2) is 18.3 Å². The Labute approximate surface area is 53.0 Å². The Balaban J connectivity index is 2.65. The highest BCUT2D eigenvalue weighted by molar-refractivity contribution is 5.06. The Hall–Kier alpha value is -0.800. The Bertz CT molecular complexity index is 160. The zero-order chi connectivity index (χ0) is 6.69. The van der Waals surface area contributed by atoms with Crippen LogP contribution in [0.1, 0.15) is 11.8 Å². The summed E-state index contributed by atoms with van der Waals surface area (Å²) in [7, 11) is 0. The highest BCUT2D eigenvalue weighted by Gasteiger charge is 2.03. The molecule has 0 saturated heterocycles. The zero-order valence-corrected chi connectivity index (χ0v) is 4.91. The maximum atomic E-state index is 8.94. The quantitative estimate of drug-likeness (QED) is 0.525. The molecule has 0 bridgehead atoms. The van der Waals surface area contributed by atoms with E-state index in [1.165, 1.54) is 0 Å². The van der Waals surface area contributed by atoms with E-state index in [0.29, 0.717) is 5.69 Å². The van der Waals surface area contributed by atoms with E-state index in [1.807, 2.05) is 0 Å². The van der Waals surface area contributed by atoms with Crippen LogP contribution in [-0.2, 0) is 0 Å². The van der Waals surface area contributed by atoms with Gasteiger partial charge in [-0.3, -0.25) is 0 Å². The third kappa shape index (κ3) is 1.31. The number of aliphatic hydroxyl groups is 2. The maximum absolute atomic E-state index is 8.94.